The summed E-state index contributed by atoms with van der Waals surface area (Å²) in [5.74, 6) is -1.11. The molecule has 0 bridgehead atoms. The van der Waals surface area contributed by atoms with Crippen molar-refractivity contribution in [1.29, 1.82) is 0 Å². The molecule has 1 aromatic heterocycles. The van der Waals surface area contributed by atoms with Gasteiger partial charge in [0.2, 0.25) is 0 Å². The molecule has 2 N–H and O–H groups in total. The van der Waals surface area contributed by atoms with Gasteiger partial charge in [-0.1, -0.05) is 20.3 Å². The summed E-state index contributed by atoms with van der Waals surface area (Å²) < 4.78 is 4.91. The Labute approximate surface area is 99.8 Å². The first kappa shape index (κ1) is 13.3. The van der Waals surface area contributed by atoms with Gasteiger partial charge in [0.05, 0.1) is 5.56 Å². The molecule has 0 aliphatic carbocycles. The van der Waals surface area contributed by atoms with Crippen LogP contribution >= 0.6 is 0 Å². The Morgan fingerprint density at radius 3 is 2.59 bits per heavy atom. The van der Waals surface area contributed by atoms with Crippen molar-refractivity contribution in [3.05, 3.63) is 23.7 Å². The lowest BCUT2D eigenvalue weighted by atomic mass is 10.0. The van der Waals surface area contributed by atoms with Crippen LogP contribution in [-0.2, 0) is 0 Å². The van der Waals surface area contributed by atoms with Crippen LogP contribution in [0.5, 0.6) is 0 Å². The summed E-state index contributed by atoms with van der Waals surface area (Å²) in [5, 5.41) is 11.5. The molecule has 2 atom stereocenters. The van der Waals surface area contributed by atoms with Gasteiger partial charge in [-0.2, -0.15) is 0 Å². The van der Waals surface area contributed by atoms with Crippen molar-refractivity contribution in [3.8, 4) is 0 Å². The zero-order chi connectivity index (χ0) is 13.0. The van der Waals surface area contributed by atoms with Gasteiger partial charge in [-0.05, 0) is 12.8 Å². The lowest BCUT2D eigenvalue weighted by Gasteiger charge is -2.18. The van der Waals surface area contributed by atoms with Crippen LogP contribution in [0.3, 0.4) is 0 Å². The summed E-state index contributed by atoms with van der Waals surface area (Å²) in [6, 6.07) is 1.24. The van der Waals surface area contributed by atoms with Gasteiger partial charge in [0.15, 0.2) is 5.76 Å². The predicted octanol–water partition coefficient (Wildman–Crippen LogP) is 2.14. The van der Waals surface area contributed by atoms with Gasteiger partial charge in [-0.25, -0.2) is 4.79 Å². The molecule has 0 radical (unpaired) electrons. The largest absolute Gasteiger partial charge is 0.478 e. The second kappa shape index (κ2) is 5.52. The van der Waals surface area contributed by atoms with E-state index in [2.05, 4.69) is 5.32 Å². The van der Waals surface area contributed by atoms with Crippen molar-refractivity contribution >= 4 is 11.9 Å². The van der Waals surface area contributed by atoms with Gasteiger partial charge < -0.3 is 14.8 Å². The third-order valence-corrected chi connectivity index (χ3v) is 2.93. The highest BCUT2D eigenvalue weighted by Gasteiger charge is 2.18. The smallest absolute Gasteiger partial charge is 0.338 e. The van der Waals surface area contributed by atoms with E-state index in [9.17, 15) is 9.59 Å². The van der Waals surface area contributed by atoms with E-state index in [-0.39, 0.29) is 23.3 Å². The Kier molecular flexibility index (Phi) is 4.31. The van der Waals surface area contributed by atoms with E-state index in [4.69, 9.17) is 9.52 Å². The molecule has 0 aliphatic rings. The molecule has 0 saturated carbocycles. The summed E-state index contributed by atoms with van der Waals surface area (Å²) in [6.45, 7) is 5.99. The van der Waals surface area contributed by atoms with Crippen molar-refractivity contribution in [1.82, 2.24) is 5.32 Å². The SMILES string of the molecule is CCC(C)C(C)NC(=O)c1cc(C(=O)O)co1. The van der Waals surface area contributed by atoms with Crippen LogP contribution in [0.2, 0.25) is 0 Å². The Balaban J connectivity index is 2.66. The number of amides is 1. The van der Waals surface area contributed by atoms with Crippen LogP contribution in [-0.4, -0.2) is 23.0 Å². The van der Waals surface area contributed by atoms with Crippen molar-refractivity contribution in [2.24, 2.45) is 5.92 Å². The van der Waals surface area contributed by atoms with Gasteiger partial charge in [0, 0.05) is 12.1 Å². The number of carbonyl (C=O) groups is 2. The number of rotatable bonds is 5. The van der Waals surface area contributed by atoms with Crippen LogP contribution < -0.4 is 5.32 Å². The highest BCUT2D eigenvalue weighted by molar-refractivity contribution is 5.95. The molecule has 17 heavy (non-hydrogen) atoms. The number of carboxylic acids is 1. The number of hydrogen-bond donors (Lipinski definition) is 2. The molecule has 5 heteroatoms. The minimum atomic E-state index is -1.11. The van der Waals surface area contributed by atoms with Crippen LogP contribution in [0, 0.1) is 5.92 Å². The second-order valence-corrected chi connectivity index (χ2v) is 4.15. The number of aromatic carboxylic acids is 1. The van der Waals surface area contributed by atoms with E-state index in [0.717, 1.165) is 12.7 Å². The van der Waals surface area contributed by atoms with Crippen molar-refractivity contribution < 1.29 is 19.1 Å². The van der Waals surface area contributed by atoms with Crippen LogP contribution in [0.4, 0.5) is 0 Å². The monoisotopic (exact) mass is 239 g/mol. The molecule has 0 spiro atoms. The number of furan rings is 1. The Bertz CT molecular complexity index is 410. The summed E-state index contributed by atoms with van der Waals surface area (Å²) in [7, 11) is 0. The third kappa shape index (κ3) is 3.34. The molecule has 5 nitrogen and oxygen atoms in total. The quantitative estimate of drug-likeness (QED) is 0.825. The highest BCUT2D eigenvalue weighted by atomic mass is 16.4. The molecule has 0 saturated heterocycles. The molecule has 94 valence electrons. The molecule has 1 amide bonds. The number of hydrogen-bond acceptors (Lipinski definition) is 3. The maximum Gasteiger partial charge on any atom is 0.338 e. The molecule has 1 aromatic rings. The van der Waals surface area contributed by atoms with E-state index in [0.29, 0.717) is 5.92 Å². The maximum absolute atomic E-state index is 11.7. The van der Waals surface area contributed by atoms with Gasteiger partial charge in [-0.3, -0.25) is 4.79 Å². The van der Waals surface area contributed by atoms with Crippen LogP contribution in [0.15, 0.2) is 16.7 Å². The van der Waals surface area contributed by atoms with Crippen molar-refractivity contribution in [2.45, 2.75) is 33.2 Å². The first-order valence-corrected chi connectivity index (χ1v) is 5.58. The highest BCUT2D eigenvalue weighted by Crippen LogP contribution is 2.11. The summed E-state index contributed by atoms with van der Waals surface area (Å²) in [4.78, 5) is 22.3. The average Bonchev–Trinajstić information content (AvgIpc) is 2.77. The Morgan fingerprint density at radius 1 is 1.47 bits per heavy atom. The summed E-state index contributed by atoms with van der Waals surface area (Å²) in [6.07, 6.45) is 2.02. The minimum absolute atomic E-state index is 0.0193. The van der Waals surface area contributed by atoms with E-state index in [1.54, 1.807) is 0 Å². The van der Waals surface area contributed by atoms with Gasteiger partial charge in [0.1, 0.15) is 6.26 Å². The van der Waals surface area contributed by atoms with Crippen LogP contribution in [0.1, 0.15) is 48.1 Å². The number of carbonyl (C=O) groups excluding carboxylic acids is 1. The third-order valence-electron chi connectivity index (χ3n) is 2.93. The Morgan fingerprint density at radius 2 is 2.12 bits per heavy atom. The van der Waals surface area contributed by atoms with E-state index >= 15 is 0 Å². The molecule has 1 rings (SSSR count). The van der Waals surface area contributed by atoms with E-state index in [1.165, 1.54) is 6.07 Å². The van der Waals surface area contributed by atoms with Crippen LogP contribution in [0.25, 0.3) is 0 Å². The standard InChI is InChI=1S/C12H17NO4/c1-4-7(2)8(3)13-11(14)10-5-9(6-17-10)12(15)16/h5-8H,4H2,1-3H3,(H,13,14)(H,15,16). The fourth-order valence-corrected chi connectivity index (χ4v) is 1.34. The molecule has 0 aromatic carbocycles. The first-order chi connectivity index (χ1) is 7.95. The predicted molar refractivity (Wildman–Crippen MR) is 62.1 cm³/mol. The number of nitrogens with one attached hydrogen (secondary N) is 1. The molecule has 2 unspecified atom stereocenters. The van der Waals surface area contributed by atoms with Gasteiger partial charge in [0.25, 0.3) is 5.91 Å². The summed E-state index contributed by atoms with van der Waals surface area (Å²) >= 11 is 0. The normalized spacial score (nSPS) is 14.1. The lowest BCUT2D eigenvalue weighted by molar-refractivity contribution is 0.0695. The molecule has 0 aliphatic heterocycles. The molecule has 0 fully saturated rings. The summed E-state index contributed by atoms with van der Waals surface area (Å²) in [5.41, 5.74) is -0.0219. The van der Waals surface area contributed by atoms with Crippen molar-refractivity contribution in [2.75, 3.05) is 0 Å². The average molecular weight is 239 g/mol. The Hall–Kier alpha value is -1.78. The molecular weight excluding hydrogens is 222 g/mol. The zero-order valence-electron chi connectivity index (χ0n) is 10.2. The first-order valence-electron chi connectivity index (χ1n) is 5.58. The van der Waals surface area contributed by atoms with E-state index in [1.807, 2.05) is 20.8 Å². The maximum atomic E-state index is 11.7. The second-order valence-electron chi connectivity index (χ2n) is 4.15. The number of carboxylic acid groups (broad SMARTS) is 1. The lowest BCUT2D eigenvalue weighted by Crippen LogP contribution is -2.36. The van der Waals surface area contributed by atoms with Crippen molar-refractivity contribution in [3.63, 3.8) is 0 Å². The van der Waals surface area contributed by atoms with E-state index < -0.39 is 5.97 Å². The zero-order valence-corrected chi connectivity index (χ0v) is 10.2. The molecule has 1 heterocycles. The molecular formula is C12H17NO4. The fraction of sp³-hybridized carbons (Fsp3) is 0.500. The van der Waals surface area contributed by atoms with Gasteiger partial charge in [-0.15, -0.1) is 0 Å². The topological polar surface area (TPSA) is 79.5 Å². The fourth-order valence-electron chi connectivity index (χ4n) is 1.34. The van der Waals surface area contributed by atoms with Gasteiger partial charge >= 0.3 is 5.97 Å². The minimum Gasteiger partial charge on any atom is -0.478 e.